The number of nitrogens with zero attached hydrogens (tertiary/aromatic N) is 1. The number of methoxy groups -OCH3 is 1. The highest BCUT2D eigenvalue weighted by Gasteiger charge is 2.25. The Kier molecular flexibility index (Phi) is 8.55. The third kappa shape index (κ3) is 6.83. The predicted octanol–water partition coefficient (Wildman–Crippen LogP) is 4.08. The van der Waals surface area contributed by atoms with Crippen LogP contribution in [-0.2, 0) is 4.74 Å². The molecule has 3 atom stereocenters. The molecular formula is C24H31ClN4O4. The second kappa shape index (κ2) is 11.4. The Labute approximate surface area is 199 Å². The number of carbonyl (C=O) groups excluding carboxylic acids is 2. The van der Waals surface area contributed by atoms with Crippen LogP contribution in [0.2, 0.25) is 5.02 Å². The fourth-order valence-electron chi connectivity index (χ4n) is 3.60. The first-order valence-electron chi connectivity index (χ1n) is 10.9. The number of likely N-dealkylation sites (N-methyl/N-ethyl adjacent to an activating group) is 1. The highest BCUT2D eigenvalue weighted by molar-refractivity contribution is 6.30. The normalized spacial score (nSPS) is 21.8. The van der Waals surface area contributed by atoms with Gasteiger partial charge in [-0.15, -0.1) is 0 Å². The number of hydrogen-bond acceptors (Lipinski definition) is 5. The molecule has 0 saturated carbocycles. The fraction of sp³-hybridized carbons (Fsp3) is 0.417. The standard InChI is InChI=1S/C24H31ClN4O4/c1-15-12-26-16(2)14-33-21-9-8-19(11-20(21)23(30)29(3)13-22(15)32-4)28-24(31)27-18-7-5-6-17(25)10-18/h5-11,15-16,22,26H,12-14H2,1-4H3,(H2,27,28,31)/t15-,16-,22+/m1/s1. The molecule has 0 spiro atoms. The number of carbonyl (C=O) groups is 2. The number of rotatable bonds is 3. The number of halogens is 1. The van der Waals surface area contributed by atoms with E-state index in [4.69, 9.17) is 21.1 Å². The van der Waals surface area contributed by atoms with Crippen LogP contribution in [-0.4, -0.2) is 62.8 Å². The Bertz CT molecular complexity index is 987. The summed E-state index contributed by atoms with van der Waals surface area (Å²) in [5, 5.41) is 9.46. The molecule has 9 heteroatoms. The summed E-state index contributed by atoms with van der Waals surface area (Å²) in [6.07, 6.45) is -0.118. The lowest BCUT2D eigenvalue weighted by molar-refractivity contribution is 0.0281. The van der Waals surface area contributed by atoms with Gasteiger partial charge >= 0.3 is 6.03 Å². The number of urea groups is 1. The molecule has 1 heterocycles. The minimum absolute atomic E-state index is 0.0892. The van der Waals surface area contributed by atoms with Crippen LogP contribution in [0, 0.1) is 5.92 Å². The molecule has 0 fully saturated rings. The zero-order valence-corrected chi connectivity index (χ0v) is 20.1. The number of hydrogen-bond donors (Lipinski definition) is 3. The SMILES string of the molecule is CO[C@H]1CN(C)C(=O)c2cc(NC(=O)Nc3cccc(Cl)c3)ccc2OC[C@@H](C)NC[C@H]1C. The minimum atomic E-state index is -0.446. The van der Waals surface area contributed by atoms with Gasteiger partial charge < -0.3 is 30.3 Å². The molecule has 8 nitrogen and oxygen atoms in total. The lowest BCUT2D eigenvalue weighted by atomic mass is 10.0. The van der Waals surface area contributed by atoms with E-state index in [-0.39, 0.29) is 24.0 Å². The van der Waals surface area contributed by atoms with Crippen molar-refractivity contribution in [2.45, 2.75) is 26.0 Å². The molecule has 0 bridgehead atoms. The zero-order valence-electron chi connectivity index (χ0n) is 19.4. The van der Waals surface area contributed by atoms with Crippen LogP contribution in [0.5, 0.6) is 5.75 Å². The van der Waals surface area contributed by atoms with E-state index in [1.807, 2.05) is 6.92 Å². The molecule has 1 aliphatic heterocycles. The summed E-state index contributed by atoms with van der Waals surface area (Å²) in [6, 6.07) is 11.5. The van der Waals surface area contributed by atoms with Crippen LogP contribution >= 0.6 is 11.6 Å². The predicted molar refractivity (Wildman–Crippen MR) is 130 cm³/mol. The van der Waals surface area contributed by atoms with Crippen LogP contribution < -0.4 is 20.7 Å². The number of fused-ring (bicyclic) bond motifs is 1. The van der Waals surface area contributed by atoms with Crippen molar-refractivity contribution in [3.63, 3.8) is 0 Å². The van der Waals surface area contributed by atoms with Crippen molar-refractivity contribution < 1.29 is 19.1 Å². The first-order chi connectivity index (χ1) is 15.8. The van der Waals surface area contributed by atoms with E-state index in [1.165, 1.54) is 0 Å². The molecule has 0 saturated heterocycles. The van der Waals surface area contributed by atoms with Crippen LogP contribution in [0.3, 0.4) is 0 Å². The van der Waals surface area contributed by atoms with Crippen LogP contribution in [0.15, 0.2) is 42.5 Å². The van der Waals surface area contributed by atoms with E-state index >= 15 is 0 Å². The van der Waals surface area contributed by atoms with Crippen LogP contribution in [0.1, 0.15) is 24.2 Å². The van der Waals surface area contributed by atoms with Gasteiger partial charge in [0.15, 0.2) is 0 Å². The quantitative estimate of drug-likeness (QED) is 0.623. The molecular weight excluding hydrogens is 444 g/mol. The Morgan fingerprint density at radius 2 is 1.91 bits per heavy atom. The number of benzene rings is 2. The van der Waals surface area contributed by atoms with Gasteiger partial charge in [0.1, 0.15) is 12.4 Å². The molecule has 3 N–H and O–H groups in total. The van der Waals surface area contributed by atoms with Crippen molar-refractivity contribution in [3.05, 3.63) is 53.1 Å². The van der Waals surface area contributed by atoms with Crippen molar-refractivity contribution in [2.75, 3.05) is 44.5 Å². The molecule has 0 unspecified atom stereocenters. The van der Waals surface area contributed by atoms with Crippen molar-refractivity contribution in [2.24, 2.45) is 5.92 Å². The average Bonchev–Trinajstić information content (AvgIpc) is 2.78. The number of amides is 3. The molecule has 0 aliphatic carbocycles. The summed E-state index contributed by atoms with van der Waals surface area (Å²) in [6.45, 7) is 5.70. The van der Waals surface area contributed by atoms with Gasteiger partial charge in [0.2, 0.25) is 0 Å². The Morgan fingerprint density at radius 3 is 2.61 bits per heavy atom. The largest absolute Gasteiger partial charge is 0.491 e. The van der Waals surface area contributed by atoms with E-state index in [2.05, 4.69) is 22.9 Å². The maximum absolute atomic E-state index is 13.3. The lowest BCUT2D eigenvalue weighted by Gasteiger charge is -2.30. The van der Waals surface area contributed by atoms with Crippen LogP contribution in [0.25, 0.3) is 0 Å². The van der Waals surface area contributed by atoms with E-state index in [9.17, 15) is 9.59 Å². The molecule has 1 aliphatic rings. The highest BCUT2D eigenvalue weighted by atomic mass is 35.5. The number of ether oxygens (including phenoxy) is 2. The summed E-state index contributed by atoms with van der Waals surface area (Å²) in [5.41, 5.74) is 1.40. The topological polar surface area (TPSA) is 91.9 Å². The van der Waals surface area contributed by atoms with E-state index in [0.717, 1.165) is 6.54 Å². The molecule has 3 rings (SSSR count). The highest BCUT2D eigenvalue weighted by Crippen LogP contribution is 2.26. The Hall–Kier alpha value is -2.81. The second-order valence-electron chi connectivity index (χ2n) is 8.36. The molecule has 2 aromatic rings. The maximum Gasteiger partial charge on any atom is 0.323 e. The summed E-state index contributed by atoms with van der Waals surface area (Å²) in [5.74, 6) is 0.456. The molecule has 0 aromatic heterocycles. The maximum atomic E-state index is 13.3. The van der Waals surface area contributed by atoms with Crippen molar-refractivity contribution >= 4 is 34.9 Å². The molecule has 178 valence electrons. The third-order valence-corrected chi connectivity index (χ3v) is 5.80. The van der Waals surface area contributed by atoms with Gasteiger partial charge in [0.05, 0.1) is 11.7 Å². The average molecular weight is 475 g/mol. The van der Waals surface area contributed by atoms with Gasteiger partial charge in [0.25, 0.3) is 5.91 Å². The van der Waals surface area contributed by atoms with Gasteiger partial charge in [0, 0.05) is 49.7 Å². The minimum Gasteiger partial charge on any atom is -0.491 e. The Balaban J connectivity index is 1.82. The summed E-state index contributed by atoms with van der Waals surface area (Å²) in [4.78, 5) is 27.4. The van der Waals surface area contributed by atoms with Gasteiger partial charge in [-0.1, -0.05) is 24.6 Å². The van der Waals surface area contributed by atoms with Gasteiger partial charge in [-0.2, -0.15) is 0 Å². The summed E-state index contributed by atoms with van der Waals surface area (Å²) < 4.78 is 11.6. The van der Waals surface area contributed by atoms with E-state index < -0.39 is 6.03 Å². The number of anilines is 2. The molecule has 2 aromatic carbocycles. The van der Waals surface area contributed by atoms with Crippen molar-refractivity contribution in [1.29, 1.82) is 0 Å². The summed E-state index contributed by atoms with van der Waals surface area (Å²) in [7, 11) is 3.39. The monoisotopic (exact) mass is 474 g/mol. The Morgan fingerprint density at radius 1 is 1.18 bits per heavy atom. The zero-order chi connectivity index (χ0) is 24.0. The fourth-order valence-corrected chi connectivity index (χ4v) is 3.79. The molecule has 0 radical (unpaired) electrons. The smallest absolute Gasteiger partial charge is 0.323 e. The van der Waals surface area contributed by atoms with Gasteiger partial charge in [-0.05, 0) is 49.2 Å². The molecule has 3 amide bonds. The van der Waals surface area contributed by atoms with Gasteiger partial charge in [-0.25, -0.2) is 4.79 Å². The van der Waals surface area contributed by atoms with E-state index in [1.54, 1.807) is 61.5 Å². The third-order valence-electron chi connectivity index (χ3n) is 5.57. The summed E-state index contributed by atoms with van der Waals surface area (Å²) >= 11 is 5.97. The van der Waals surface area contributed by atoms with E-state index in [0.29, 0.717) is 40.9 Å². The van der Waals surface area contributed by atoms with Crippen LogP contribution in [0.4, 0.5) is 16.2 Å². The second-order valence-corrected chi connectivity index (χ2v) is 8.79. The van der Waals surface area contributed by atoms with Gasteiger partial charge in [-0.3, -0.25) is 4.79 Å². The first kappa shape index (κ1) is 24.8. The van der Waals surface area contributed by atoms with Crippen molar-refractivity contribution in [3.8, 4) is 5.75 Å². The lowest BCUT2D eigenvalue weighted by Crippen LogP contribution is -2.44. The van der Waals surface area contributed by atoms with Crippen molar-refractivity contribution in [1.82, 2.24) is 10.2 Å². The number of nitrogens with one attached hydrogen (secondary N) is 3. The molecule has 33 heavy (non-hydrogen) atoms. The first-order valence-corrected chi connectivity index (χ1v) is 11.3.